The van der Waals surface area contributed by atoms with E-state index < -0.39 is 17.6 Å². The Labute approximate surface area is 254 Å². The van der Waals surface area contributed by atoms with Crippen LogP contribution in [0.2, 0.25) is 0 Å². The van der Waals surface area contributed by atoms with Crippen LogP contribution >= 0.6 is 11.8 Å². The Hall–Kier alpha value is -3.50. The molecule has 0 saturated heterocycles. The number of nitrogens with zero attached hydrogens (tertiary/aromatic N) is 2. The third-order valence-corrected chi connectivity index (χ3v) is 7.20. The molecule has 0 aliphatic carbocycles. The minimum absolute atomic E-state index is 0.0713. The number of benzene rings is 1. The van der Waals surface area contributed by atoms with Gasteiger partial charge in [0.25, 0.3) is 11.8 Å². The highest BCUT2D eigenvalue weighted by molar-refractivity contribution is 7.99. The van der Waals surface area contributed by atoms with Gasteiger partial charge in [-0.1, -0.05) is 17.7 Å². The van der Waals surface area contributed by atoms with Crippen LogP contribution in [-0.4, -0.2) is 55.7 Å². The molecule has 2 aromatic rings. The maximum absolute atomic E-state index is 13.3. The highest BCUT2D eigenvalue weighted by Gasteiger charge is 2.27. The second kappa shape index (κ2) is 15.7. The number of nitrogens with one attached hydrogen (secondary N) is 3. The van der Waals surface area contributed by atoms with Gasteiger partial charge in [0.2, 0.25) is 5.91 Å². The number of rotatable bonds is 13. The SMILES string of the molecule is C=CCCC(C(=O)NC(C)(C)C)/C(=C\C)CC(O)CSc1ccc(NC(=O)c2ccncn2)cc1C(=O)NC(C)(C)C. The standard InChI is InChI=1S/C32H45N5O4S/c1-9-11-12-24(28(39)36-31(3,4)5)21(10-2)17-23(38)19-42-27-14-13-22(18-25(27)29(40)37-32(6,7)8)35-30(41)26-15-16-33-20-34-26/h9-10,13-16,18,20,23-24,38H,1,11-12,17,19H2,2-8H3,(H,35,41)(H,36,39)(H,37,40)/b21-10-. The van der Waals surface area contributed by atoms with Crippen molar-refractivity contribution in [2.45, 2.75) is 89.8 Å². The first-order chi connectivity index (χ1) is 19.6. The lowest BCUT2D eigenvalue weighted by Crippen LogP contribution is -2.44. The molecule has 228 valence electrons. The van der Waals surface area contributed by atoms with Crippen LogP contribution in [0.3, 0.4) is 0 Å². The summed E-state index contributed by atoms with van der Waals surface area (Å²) in [6.07, 6.45) is 7.31. The summed E-state index contributed by atoms with van der Waals surface area (Å²) in [5.74, 6) is -0.865. The molecule has 0 radical (unpaired) electrons. The molecule has 1 aromatic carbocycles. The van der Waals surface area contributed by atoms with Gasteiger partial charge >= 0.3 is 0 Å². The Morgan fingerprint density at radius 1 is 1.05 bits per heavy atom. The minimum Gasteiger partial charge on any atom is -0.392 e. The lowest BCUT2D eigenvalue weighted by molar-refractivity contribution is -0.125. The zero-order valence-electron chi connectivity index (χ0n) is 25.8. The number of hydrogen-bond acceptors (Lipinski definition) is 7. The van der Waals surface area contributed by atoms with E-state index in [9.17, 15) is 19.5 Å². The average Bonchev–Trinajstić information content (AvgIpc) is 2.90. The normalized spacial score (nSPS) is 13.6. The van der Waals surface area contributed by atoms with Crippen molar-refractivity contribution in [3.05, 3.63) is 72.4 Å². The maximum Gasteiger partial charge on any atom is 0.274 e. The first-order valence-corrected chi connectivity index (χ1v) is 15.0. The number of aromatic nitrogens is 2. The predicted molar refractivity (Wildman–Crippen MR) is 170 cm³/mol. The quantitative estimate of drug-likeness (QED) is 0.176. The van der Waals surface area contributed by atoms with Crippen LogP contribution in [-0.2, 0) is 4.79 Å². The molecule has 0 saturated carbocycles. The van der Waals surface area contributed by atoms with E-state index in [0.29, 0.717) is 41.2 Å². The molecule has 9 nitrogen and oxygen atoms in total. The number of carbonyl (C=O) groups excluding carboxylic acids is 3. The maximum atomic E-state index is 13.3. The first-order valence-electron chi connectivity index (χ1n) is 14.1. The third kappa shape index (κ3) is 11.8. The molecule has 2 rings (SSSR count). The Morgan fingerprint density at radius 2 is 1.74 bits per heavy atom. The number of hydrogen-bond donors (Lipinski definition) is 4. The van der Waals surface area contributed by atoms with Crippen molar-refractivity contribution in [3.8, 4) is 0 Å². The van der Waals surface area contributed by atoms with E-state index in [4.69, 9.17) is 0 Å². The molecule has 0 fully saturated rings. The second-order valence-corrected chi connectivity index (χ2v) is 13.2. The Bertz CT molecular complexity index is 1270. The number of thioether (sulfide) groups is 1. The van der Waals surface area contributed by atoms with Crippen LogP contribution in [0.1, 0.15) is 88.6 Å². The highest BCUT2D eigenvalue weighted by Crippen LogP contribution is 2.30. The largest absolute Gasteiger partial charge is 0.392 e. The summed E-state index contributed by atoms with van der Waals surface area (Å²) >= 11 is 1.35. The van der Waals surface area contributed by atoms with Crippen molar-refractivity contribution in [2.75, 3.05) is 11.1 Å². The lowest BCUT2D eigenvalue weighted by atomic mass is 9.88. The van der Waals surface area contributed by atoms with Gasteiger partial charge in [-0.2, -0.15) is 0 Å². The monoisotopic (exact) mass is 595 g/mol. The van der Waals surface area contributed by atoms with Crippen LogP contribution < -0.4 is 16.0 Å². The van der Waals surface area contributed by atoms with Crippen LogP contribution in [0.5, 0.6) is 0 Å². The van der Waals surface area contributed by atoms with Crippen LogP contribution in [0, 0.1) is 5.92 Å². The smallest absolute Gasteiger partial charge is 0.274 e. The van der Waals surface area contributed by atoms with Gasteiger partial charge in [-0.15, -0.1) is 18.3 Å². The van der Waals surface area contributed by atoms with Crippen molar-refractivity contribution >= 4 is 35.2 Å². The van der Waals surface area contributed by atoms with Crippen molar-refractivity contribution < 1.29 is 19.5 Å². The molecule has 0 aliphatic rings. The summed E-state index contributed by atoms with van der Waals surface area (Å²) in [5.41, 5.74) is 1.03. The minimum atomic E-state index is -0.759. The van der Waals surface area contributed by atoms with Crippen molar-refractivity contribution in [1.29, 1.82) is 0 Å². The molecule has 2 atom stereocenters. The number of allylic oxidation sites excluding steroid dienone is 2. The molecule has 0 spiro atoms. The summed E-state index contributed by atoms with van der Waals surface area (Å²) < 4.78 is 0. The van der Waals surface area contributed by atoms with Gasteiger partial charge < -0.3 is 21.1 Å². The predicted octanol–water partition coefficient (Wildman–Crippen LogP) is 5.54. The second-order valence-electron chi connectivity index (χ2n) is 12.2. The summed E-state index contributed by atoms with van der Waals surface area (Å²) in [7, 11) is 0. The summed E-state index contributed by atoms with van der Waals surface area (Å²) in [6.45, 7) is 17.2. The number of aliphatic hydroxyl groups excluding tert-OH is 1. The van der Waals surface area contributed by atoms with Crippen molar-refractivity contribution in [3.63, 3.8) is 0 Å². The highest BCUT2D eigenvalue weighted by atomic mass is 32.2. The zero-order valence-corrected chi connectivity index (χ0v) is 26.6. The molecule has 0 aliphatic heterocycles. The van der Waals surface area contributed by atoms with Crippen LogP contribution in [0.4, 0.5) is 5.69 Å². The van der Waals surface area contributed by atoms with Gasteiger partial charge in [0.15, 0.2) is 0 Å². The van der Waals surface area contributed by atoms with Crippen LogP contribution in [0.25, 0.3) is 0 Å². The Morgan fingerprint density at radius 3 is 2.31 bits per heavy atom. The number of aliphatic hydroxyl groups is 1. The van der Waals surface area contributed by atoms with Gasteiger partial charge in [-0.25, -0.2) is 9.97 Å². The van der Waals surface area contributed by atoms with Crippen molar-refractivity contribution in [2.24, 2.45) is 5.92 Å². The molecule has 2 unspecified atom stereocenters. The molecule has 3 amide bonds. The van der Waals surface area contributed by atoms with E-state index in [1.807, 2.05) is 54.5 Å². The zero-order chi connectivity index (χ0) is 31.5. The molecule has 1 heterocycles. The molecular formula is C32H45N5O4S. The number of anilines is 1. The first kappa shape index (κ1) is 34.7. The van der Waals surface area contributed by atoms with Gasteiger partial charge in [-0.3, -0.25) is 14.4 Å². The summed E-state index contributed by atoms with van der Waals surface area (Å²) in [4.78, 5) is 47.4. The average molecular weight is 596 g/mol. The lowest BCUT2D eigenvalue weighted by Gasteiger charge is -2.27. The summed E-state index contributed by atoms with van der Waals surface area (Å²) in [6, 6.07) is 6.59. The Balaban J connectivity index is 2.22. The van der Waals surface area contributed by atoms with Gasteiger partial charge in [0.05, 0.1) is 17.6 Å². The fourth-order valence-corrected chi connectivity index (χ4v) is 5.10. The molecule has 42 heavy (non-hydrogen) atoms. The molecule has 10 heteroatoms. The van der Waals surface area contributed by atoms with Gasteiger partial charge in [0, 0.05) is 33.6 Å². The Kier molecular flexibility index (Phi) is 12.9. The third-order valence-electron chi connectivity index (χ3n) is 5.98. The number of carbonyl (C=O) groups is 3. The fourth-order valence-electron chi connectivity index (χ4n) is 4.14. The van der Waals surface area contributed by atoms with E-state index in [2.05, 4.69) is 32.5 Å². The van der Waals surface area contributed by atoms with E-state index in [1.165, 1.54) is 30.4 Å². The van der Waals surface area contributed by atoms with E-state index >= 15 is 0 Å². The fraction of sp³-hybridized carbons (Fsp3) is 0.469. The molecule has 0 bridgehead atoms. The van der Waals surface area contributed by atoms with Crippen LogP contribution in [0.15, 0.2) is 66.0 Å². The molecule has 1 aromatic heterocycles. The van der Waals surface area contributed by atoms with E-state index in [-0.39, 0.29) is 29.0 Å². The van der Waals surface area contributed by atoms with Crippen molar-refractivity contribution in [1.82, 2.24) is 20.6 Å². The topological polar surface area (TPSA) is 133 Å². The number of amides is 3. The van der Waals surface area contributed by atoms with E-state index in [1.54, 1.807) is 24.3 Å². The van der Waals surface area contributed by atoms with Gasteiger partial charge in [-0.05, 0) is 92.0 Å². The molecule has 4 N–H and O–H groups in total. The molecular weight excluding hydrogens is 550 g/mol. The summed E-state index contributed by atoms with van der Waals surface area (Å²) in [5, 5.41) is 19.8. The van der Waals surface area contributed by atoms with Gasteiger partial charge in [0.1, 0.15) is 12.0 Å². The van der Waals surface area contributed by atoms with E-state index in [0.717, 1.165) is 5.57 Å².